The summed E-state index contributed by atoms with van der Waals surface area (Å²) >= 11 is 0. The van der Waals surface area contributed by atoms with Gasteiger partial charge in [-0.25, -0.2) is 0 Å². The number of hydrogen-bond donors (Lipinski definition) is 2. The number of nitrogens with zero attached hydrogens (tertiary/aromatic N) is 1. The van der Waals surface area contributed by atoms with Gasteiger partial charge in [0.25, 0.3) is 0 Å². The number of rotatable bonds is 6. The predicted molar refractivity (Wildman–Crippen MR) is 94.5 cm³/mol. The van der Waals surface area contributed by atoms with Crippen molar-refractivity contribution in [3.8, 4) is 0 Å². The molecule has 2 aromatic carbocycles. The fourth-order valence-electron chi connectivity index (χ4n) is 3.25. The molecule has 0 radical (unpaired) electrons. The minimum atomic E-state index is -0.595. The Morgan fingerprint density at radius 2 is 1.58 bits per heavy atom. The van der Waals surface area contributed by atoms with Gasteiger partial charge in [0.2, 0.25) is 5.91 Å². The maximum atomic E-state index is 11.8. The average Bonchev–Trinajstić information content (AvgIpc) is 2.54. The second kappa shape index (κ2) is 7.60. The Hall–Kier alpha value is -2.17. The first-order valence-electron chi connectivity index (χ1n) is 8.45. The highest BCUT2D eigenvalue weighted by Gasteiger charge is 2.34. The molecule has 0 saturated carbocycles. The van der Waals surface area contributed by atoms with Crippen LogP contribution in [0.5, 0.6) is 0 Å². The summed E-state index contributed by atoms with van der Waals surface area (Å²) < 4.78 is 0. The lowest BCUT2D eigenvalue weighted by Gasteiger charge is -2.45. The highest BCUT2D eigenvalue weighted by atomic mass is 16.3. The highest BCUT2D eigenvalue weighted by Crippen LogP contribution is 2.32. The topological polar surface area (TPSA) is 52.6 Å². The van der Waals surface area contributed by atoms with Gasteiger partial charge in [-0.1, -0.05) is 60.7 Å². The van der Waals surface area contributed by atoms with Gasteiger partial charge in [-0.3, -0.25) is 9.69 Å². The summed E-state index contributed by atoms with van der Waals surface area (Å²) in [7, 11) is 0. The van der Waals surface area contributed by atoms with E-state index in [4.69, 9.17) is 0 Å². The molecule has 1 heterocycles. The SMILES string of the molecule is CC(O)CC(=O)NC1CN(C(c2ccccc2)c2ccccc2)C1. The number of carbonyl (C=O) groups is 1. The van der Waals surface area contributed by atoms with Gasteiger partial charge in [-0.05, 0) is 18.1 Å². The van der Waals surface area contributed by atoms with Crippen LogP contribution in [0.25, 0.3) is 0 Å². The maximum absolute atomic E-state index is 11.8. The Morgan fingerprint density at radius 3 is 2.04 bits per heavy atom. The molecule has 1 unspecified atom stereocenters. The fourth-order valence-corrected chi connectivity index (χ4v) is 3.25. The Bertz CT molecular complexity index is 612. The molecule has 2 N–H and O–H groups in total. The van der Waals surface area contributed by atoms with E-state index >= 15 is 0 Å². The third-order valence-electron chi connectivity index (χ3n) is 4.35. The molecule has 0 spiro atoms. The molecule has 24 heavy (non-hydrogen) atoms. The zero-order valence-electron chi connectivity index (χ0n) is 13.9. The van der Waals surface area contributed by atoms with E-state index in [2.05, 4.69) is 58.7 Å². The molecule has 0 aliphatic carbocycles. The molecule has 1 amide bonds. The van der Waals surface area contributed by atoms with Gasteiger partial charge in [0, 0.05) is 13.1 Å². The van der Waals surface area contributed by atoms with E-state index in [-0.39, 0.29) is 24.4 Å². The molecule has 0 aromatic heterocycles. The lowest BCUT2D eigenvalue weighted by atomic mass is 9.93. The number of likely N-dealkylation sites (tertiary alicyclic amines) is 1. The molecule has 4 heteroatoms. The van der Waals surface area contributed by atoms with Crippen LogP contribution in [-0.4, -0.2) is 41.1 Å². The van der Waals surface area contributed by atoms with E-state index in [1.807, 2.05) is 12.1 Å². The highest BCUT2D eigenvalue weighted by molar-refractivity contribution is 5.76. The first kappa shape index (κ1) is 16.7. The second-order valence-electron chi connectivity index (χ2n) is 6.50. The van der Waals surface area contributed by atoms with Crippen LogP contribution in [0.15, 0.2) is 60.7 Å². The van der Waals surface area contributed by atoms with Crippen molar-refractivity contribution in [2.45, 2.75) is 31.5 Å². The number of carbonyl (C=O) groups excluding carboxylic acids is 1. The van der Waals surface area contributed by atoms with Gasteiger partial charge in [0.05, 0.1) is 24.6 Å². The summed E-state index contributed by atoms with van der Waals surface area (Å²) in [4.78, 5) is 14.2. The monoisotopic (exact) mass is 324 g/mol. The van der Waals surface area contributed by atoms with E-state index < -0.39 is 6.10 Å². The van der Waals surface area contributed by atoms with Gasteiger partial charge < -0.3 is 10.4 Å². The minimum absolute atomic E-state index is 0.0781. The van der Waals surface area contributed by atoms with E-state index in [0.29, 0.717) is 0 Å². The normalized spacial score (nSPS) is 16.6. The third kappa shape index (κ3) is 4.02. The van der Waals surface area contributed by atoms with Crippen molar-refractivity contribution >= 4 is 5.91 Å². The lowest BCUT2D eigenvalue weighted by molar-refractivity contribution is -0.124. The molecule has 1 saturated heterocycles. The van der Waals surface area contributed by atoms with Crippen molar-refractivity contribution < 1.29 is 9.90 Å². The summed E-state index contributed by atoms with van der Waals surface area (Å²) in [5.41, 5.74) is 2.52. The lowest BCUT2D eigenvalue weighted by Crippen LogP contribution is -2.60. The van der Waals surface area contributed by atoms with Crippen LogP contribution in [0, 0.1) is 0 Å². The van der Waals surface area contributed by atoms with E-state index in [1.165, 1.54) is 11.1 Å². The van der Waals surface area contributed by atoms with Crippen molar-refractivity contribution in [2.24, 2.45) is 0 Å². The quantitative estimate of drug-likeness (QED) is 0.857. The Labute approximate surface area is 143 Å². The Kier molecular flexibility index (Phi) is 5.28. The summed E-state index contributed by atoms with van der Waals surface area (Å²) in [6, 6.07) is 21.3. The zero-order valence-corrected chi connectivity index (χ0v) is 13.9. The number of amides is 1. The van der Waals surface area contributed by atoms with Gasteiger partial charge in [0.15, 0.2) is 0 Å². The first-order chi connectivity index (χ1) is 11.6. The van der Waals surface area contributed by atoms with Crippen LogP contribution < -0.4 is 5.32 Å². The predicted octanol–water partition coefficient (Wildman–Crippen LogP) is 2.35. The molecule has 3 rings (SSSR count). The molecule has 4 nitrogen and oxygen atoms in total. The standard InChI is InChI=1S/C20H24N2O2/c1-15(23)12-19(24)21-18-13-22(14-18)20(16-8-4-2-5-9-16)17-10-6-3-7-11-17/h2-11,15,18,20,23H,12-14H2,1H3,(H,21,24). The molecular weight excluding hydrogens is 300 g/mol. The molecule has 1 fully saturated rings. The van der Waals surface area contributed by atoms with Crippen molar-refractivity contribution in [2.75, 3.05) is 13.1 Å². The molecule has 126 valence electrons. The number of aliphatic hydroxyl groups excluding tert-OH is 1. The van der Waals surface area contributed by atoms with Gasteiger partial charge in [-0.15, -0.1) is 0 Å². The Balaban J connectivity index is 1.68. The van der Waals surface area contributed by atoms with E-state index in [1.54, 1.807) is 6.92 Å². The molecular formula is C20H24N2O2. The smallest absolute Gasteiger partial charge is 0.222 e. The third-order valence-corrected chi connectivity index (χ3v) is 4.35. The van der Waals surface area contributed by atoms with Gasteiger partial charge in [-0.2, -0.15) is 0 Å². The van der Waals surface area contributed by atoms with Crippen LogP contribution in [0.3, 0.4) is 0 Å². The van der Waals surface area contributed by atoms with E-state index in [0.717, 1.165) is 13.1 Å². The summed E-state index contributed by atoms with van der Waals surface area (Å²) in [5, 5.41) is 12.3. The number of hydrogen-bond acceptors (Lipinski definition) is 3. The van der Waals surface area contributed by atoms with Crippen LogP contribution in [0.2, 0.25) is 0 Å². The van der Waals surface area contributed by atoms with Crippen LogP contribution in [0.1, 0.15) is 30.5 Å². The maximum Gasteiger partial charge on any atom is 0.222 e. The summed E-state index contributed by atoms with van der Waals surface area (Å²) in [6.45, 7) is 3.27. The van der Waals surface area contributed by atoms with Crippen molar-refractivity contribution in [1.29, 1.82) is 0 Å². The number of nitrogens with one attached hydrogen (secondary N) is 1. The minimum Gasteiger partial charge on any atom is -0.393 e. The van der Waals surface area contributed by atoms with Crippen molar-refractivity contribution in [3.05, 3.63) is 71.8 Å². The zero-order chi connectivity index (χ0) is 16.9. The molecule has 2 aromatic rings. The molecule has 1 atom stereocenters. The largest absolute Gasteiger partial charge is 0.393 e. The van der Waals surface area contributed by atoms with Crippen LogP contribution in [-0.2, 0) is 4.79 Å². The van der Waals surface area contributed by atoms with Gasteiger partial charge in [0.1, 0.15) is 0 Å². The van der Waals surface area contributed by atoms with Crippen molar-refractivity contribution in [3.63, 3.8) is 0 Å². The molecule has 0 bridgehead atoms. The van der Waals surface area contributed by atoms with Crippen molar-refractivity contribution in [1.82, 2.24) is 10.2 Å². The van der Waals surface area contributed by atoms with E-state index in [9.17, 15) is 9.90 Å². The average molecular weight is 324 g/mol. The summed E-state index contributed by atoms with van der Waals surface area (Å²) in [6.07, 6.45) is -0.431. The van der Waals surface area contributed by atoms with Crippen LogP contribution in [0.4, 0.5) is 0 Å². The first-order valence-corrected chi connectivity index (χ1v) is 8.45. The second-order valence-corrected chi connectivity index (χ2v) is 6.50. The Morgan fingerprint density at radius 1 is 1.08 bits per heavy atom. The number of aliphatic hydroxyl groups is 1. The van der Waals surface area contributed by atoms with Crippen LogP contribution >= 0.6 is 0 Å². The summed E-state index contributed by atoms with van der Waals surface area (Å²) in [5.74, 6) is -0.0781. The molecule has 1 aliphatic heterocycles. The van der Waals surface area contributed by atoms with Gasteiger partial charge >= 0.3 is 0 Å². The number of benzene rings is 2. The molecule has 1 aliphatic rings. The fraction of sp³-hybridized carbons (Fsp3) is 0.350.